The smallest absolute Gasteiger partial charge is 0.165 e. The summed E-state index contributed by atoms with van der Waals surface area (Å²) in [5, 5.41) is 7.69. The molecule has 0 saturated carbocycles. The molecule has 0 radical (unpaired) electrons. The number of benzene rings is 1. The van der Waals surface area contributed by atoms with Gasteiger partial charge in [-0.15, -0.1) is 0 Å². The van der Waals surface area contributed by atoms with Gasteiger partial charge in [0.25, 0.3) is 0 Å². The van der Waals surface area contributed by atoms with Crippen LogP contribution in [0.4, 0.5) is 0 Å². The lowest BCUT2D eigenvalue weighted by molar-refractivity contribution is 0.478. The molecule has 1 unspecified atom stereocenters. The van der Waals surface area contributed by atoms with Crippen LogP contribution in [-0.4, -0.2) is 16.3 Å². The zero-order chi connectivity index (χ0) is 14.4. The Hall–Kier alpha value is -1.81. The molecule has 0 aliphatic rings. The van der Waals surface area contributed by atoms with Gasteiger partial charge in [0.15, 0.2) is 5.75 Å². The van der Waals surface area contributed by atoms with Crippen LogP contribution in [0.1, 0.15) is 38.8 Å². The largest absolute Gasteiger partial charge is 0.454 e. The van der Waals surface area contributed by atoms with Crippen LogP contribution in [0.15, 0.2) is 36.7 Å². The van der Waals surface area contributed by atoms with E-state index in [4.69, 9.17) is 4.74 Å². The molecule has 20 heavy (non-hydrogen) atoms. The van der Waals surface area contributed by atoms with Crippen molar-refractivity contribution in [1.29, 1.82) is 0 Å². The van der Waals surface area contributed by atoms with Crippen molar-refractivity contribution in [3.05, 3.63) is 42.2 Å². The number of aryl methyl sites for hydroxylation is 1. The van der Waals surface area contributed by atoms with Gasteiger partial charge in [-0.25, -0.2) is 0 Å². The Labute approximate surface area is 120 Å². The highest BCUT2D eigenvalue weighted by Gasteiger charge is 2.06. The van der Waals surface area contributed by atoms with Gasteiger partial charge in [0.1, 0.15) is 5.75 Å². The Kier molecular flexibility index (Phi) is 5.18. The van der Waals surface area contributed by atoms with Crippen LogP contribution in [0.25, 0.3) is 0 Å². The summed E-state index contributed by atoms with van der Waals surface area (Å²) in [6.07, 6.45) is 4.79. The average molecular weight is 273 g/mol. The summed E-state index contributed by atoms with van der Waals surface area (Å²) < 4.78 is 7.70. The van der Waals surface area contributed by atoms with Crippen LogP contribution >= 0.6 is 0 Å². The Bertz CT molecular complexity index is 536. The van der Waals surface area contributed by atoms with Gasteiger partial charge in [-0.05, 0) is 44.5 Å². The van der Waals surface area contributed by atoms with Crippen molar-refractivity contribution in [3.8, 4) is 11.5 Å². The second-order valence-electron chi connectivity index (χ2n) is 4.88. The van der Waals surface area contributed by atoms with Crippen molar-refractivity contribution in [2.45, 2.75) is 39.8 Å². The summed E-state index contributed by atoms with van der Waals surface area (Å²) in [7, 11) is 0. The average Bonchev–Trinajstić information content (AvgIpc) is 2.92. The van der Waals surface area contributed by atoms with Crippen LogP contribution in [0.2, 0.25) is 0 Å². The van der Waals surface area contributed by atoms with Gasteiger partial charge < -0.3 is 10.1 Å². The van der Waals surface area contributed by atoms with Crippen molar-refractivity contribution < 1.29 is 4.74 Å². The number of ether oxygens (including phenoxy) is 1. The van der Waals surface area contributed by atoms with E-state index in [-0.39, 0.29) is 0 Å². The minimum absolute atomic E-state index is 0.330. The second-order valence-corrected chi connectivity index (χ2v) is 4.88. The summed E-state index contributed by atoms with van der Waals surface area (Å²) in [6.45, 7) is 8.27. The van der Waals surface area contributed by atoms with E-state index in [1.807, 2.05) is 23.0 Å². The summed E-state index contributed by atoms with van der Waals surface area (Å²) in [6, 6.07) is 8.53. The van der Waals surface area contributed by atoms with E-state index in [0.717, 1.165) is 31.0 Å². The molecule has 1 aromatic heterocycles. The maximum absolute atomic E-state index is 5.85. The fraction of sp³-hybridized carbons (Fsp3) is 0.438. The molecule has 0 aliphatic heterocycles. The predicted molar refractivity (Wildman–Crippen MR) is 81.1 cm³/mol. The van der Waals surface area contributed by atoms with Crippen LogP contribution in [0.3, 0.4) is 0 Å². The quantitative estimate of drug-likeness (QED) is 0.835. The monoisotopic (exact) mass is 273 g/mol. The zero-order valence-corrected chi connectivity index (χ0v) is 12.5. The molecule has 108 valence electrons. The number of rotatable bonds is 7. The lowest BCUT2D eigenvalue weighted by atomic mass is 10.1. The van der Waals surface area contributed by atoms with E-state index in [9.17, 15) is 0 Å². The van der Waals surface area contributed by atoms with Crippen LogP contribution in [0, 0.1) is 0 Å². The van der Waals surface area contributed by atoms with Gasteiger partial charge in [0.05, 0.1) is 12.4 Å². The van der Waals surface area contributed by atoms with Crippen molar-refractivity contribution in [1.82, 2.24) is 15.1 Å². The summed E-state index contributed by atoms with van der Waals surface area (Å²) in [5.74, 6) is 1.63. The highest BCUT2D eigenvalue weighted by Crippen LogP contribution is 2.24. The number of nitrogens with one attached hydrogen (secondary N) is 1. The van der Waals surface area contributed by atoms with E-state index in [1.54, 1.807) is 6.20 Å². The number of hydrogen-bond donors (Lipinski definition) is 1. The lowest BCUT2D eigenvalue weighted by Crippen LogP contribution is -2.19. The molecule has 1 N–H and O–H groups in total. The van der Waals surface area contributed by atoms with Gasteiger partial charge in [0, 0.05) is 12.6 Å². The Morgan fingerprint density at radius 1 is 1.30 bits per heavy atom. The van der Waals surface area contributed by atoms with Crippen molar-refractivity contribution in [2.75, 3.05) is 6.54 Å². The van der Waals surface area contributed by atoms with Crippen molar-refractivity contribution >= 4 is 0 Å². The van der Waals surface area contributed by atoms with E-state index in [1.165, 1.54) is 5.56 Å². The van der Waals surface area contributed by atoms with Gasteiger partial charge in [-0.3, -0.25) is 4.68 Å². The van der Waals surface area contributed by atoms with Gasteiger partial charge >= 0.3 is 0 Å². The Morgan fingerprint density at radius 3 is 2.85 bits per heavy atom. The van der Waals surface area contributed by atoms with E-state index < -0.39 is 0 Å². The van der Waals surface area contributed by atoms with E-state index in [2.05, 4.69) is 43.3 Å². The lowest BCUT2D eigenvalue weighted by Gasteiger charge is -2.14. The standard InChI is InChI=1S/C16H23N3O/c1-4-9-17-13(3)14-7-6-8-15(10-14)20-16-11-18-19(5-2)12-16/h6-8,10-13,17H,4-5,9H2,1-3H3. The fourth-order valence-electron chi connectivity index (χ4n) is 2.03. The summed E-state index contributed by atoms with van der Waals surface area (Å²) >= 11 is 0. The first-order chi connectivity index (χ1) is 9.72. The first-order valence-electron chi connectivity index (χ1n) is 7.26. The molecule has 0 fully saturated rings. The minimum atomic E-state index is 0.330. The van der Waals surface area contributed by atoms with Crippen molar-refractivity contribution in [3.63, 3.8) is 0 Å². The third kappa shape index (κ3) is 3.84. The molecule has 0 bridgehead atoms. The second kappa shape index (κ2) is 7.10. The van der Waals surface area contributed by atoms with E-state index in [0.29, 0.717) is 6.04 Å². The SMILES string of the molecule is CCCNC(C)c1cccc(Oc2cnn(CC)c2)c1. The molecule has 1 heterocycles. The molecule has 4 heteroatoms. The Balaban J connectivity index is 2.05. The highest BCUT2D eigenvalue weighted by molar-refractivity contribution is 5.33. The van der Waals surface area contributed by atoms with Crippen LogP contribution < -0.4 is 10.1 Å². The first kappa shape index (κ1) is 14.6. The first-order valence-corrected chi connectivity index (χ1v) is 7.26. The summed E-state index contributed by atoms with van der Waals surface area (Å²) in [5.41, 5.74) is 1.24. The third-order valence-electron chi connectivity index (χ3n) is 3.23. The molecule has 0 amide bonds. The van der Waals surface area contributed by atoms with Gasteiger partial charge in [-0.2, -0.15) is 5.10 Å². The fourth-order valence-corrected chi connectivity index (χ4v) is 2.03. The van der Waals surface area contributed by atoms with Gasteiger partial charge in [0.2, 0.25) is 0 Å². The Morgan fingerprint density at radius 2 is 2.15 bits per heavy atom. The maximum atomic E-state index is 5.85. The van der Waals surface area contributed by atoms with Crippen LogP contribution in [-0.2, 0) is 6.54 Å². The highest BCUT2D eigenvalue weighted by atomic mass is 16.5. The zero-order valence-electron chi connectivity index (χ0n) is 12.5. The molecule has 1 atom stereocenters. The molecule has 0 aliphatic carbocycles. The minimum Gasteiger partial charge on any atom is -0.454 e. The van der Waals surface area contributed by atoms with Crippen molar-refractivity contribution in [2.24, 2.45) is 0 Å². The number of hydrogen-bond acceptors (Lipinski definition) is 3. The molecule has 4 nitrogen and oxygen atoms in total. The molecule has 0 spiro atoms. The maximum Gasteiger partial charge on any atom is 0.165 e. The molecule has 0 saturated heterocycles. The van der Waals surface area contributed by atoms with E-state index >= 15 is 0 Å². The summed E-state index contributed by atoms with van der Waals surface area (Å²) in [4.78, 5) is 0. The molecule has 2 rings (SSSR count). The molecule has 1 aromatic carbocycles. The number of nitrogens with zero attached hydrogens (tertiary/aromatic N) is 2. The molecular formula is C16H23N3O. The molecule has 2 aromatic rings. The number of aromatic nitrogens is 2. The third-order valence-corrected chi connectivity index (χ3v) is 3.23. The normalized spacial score (nSPS) is 12.3. The van der Waals surface area contributed by atoms with Gasteiger partial charge in [-0.1, -0.05) is 19.1 Å². The molecular weight excluding hydrogens is 250 g/mol. The predicted octanol–water partition coefficient (Wildman–Crippen LogP) is 3.76. The van der Waals surface area contributed by atoms with Crippen LogP contribution in [0.5, 0.6) is 11.5 Å². The topological polar surface area (TPSA) is 39.1 Å².